The third kappa shape index (κ3) is 7.35. The number of carbonyl (C=O) groups excluding carboxylic acids is 1. The van der Waals surface area contributed by atoms with Crippen molar-refractivity contribution in [2.75, 3.05) is 12.7 Å². The van der Waals surface area contributed by atoms with Gasteiger partial charge in [0.05, 0.1) is 18.2 Å². The van der Waals surface area contributed by atoms with Gasteiger partial charge in [-0.25, -0.2) is 0 Å². The zero-order valence-electron chi connectivity index (χ0n) is 18.3. The van der Waals surface area contributed by atoms with E-state index in [2.05, 4.69) is 5.32 Å². The number of benzene rings is 2. The van der Waals surface area contributed by atoms with Crippen molar-refractivity contribution in [1.29, 1.82) is 0 Å². The second kappa shape index (κ2) is 10.4. The number of nitrogens with one attached hydrogen (secondary N) is 1. The van der Waals surface area contributed by atoms with Crippen molar-refractivity contribution in [3.05, 3.63) is 41.5 Å². The maximum absolute atomic E-state index is 13.9. The zero-order chi connectivity index (χ0) is 26.0. The first-order chi connectivity index (χ1) is 16.1. The van der Waals surface area contributed by atoms with Crippen LogP contribution in [-0.4, -0.2) is 40.7 Å². The molecule has 1 aliphatic carbocycles. The molecule has 1 amide bonds. The fourth-order valence-corrected chi connectivity index (χ4v) is 4.69. The Labute approximate surface area is 196 Å². The molecule has 35 heavy (non-hydrogen) atoms. The monoisotopic (exact) mass is 527 g/mol. The van der Waals surface area contributed by atoms with Gasteiger partial charge < -0.3 is 19.8 Å². The lowest BCUT2D eigenvalue weighted by atomic mass is 9.87. The van der Waals surface area contributed by atoms with Crippen molar-refractivity contribution in [3.63, 3.8) is 0 Å². The molecule has 0 spiro atoms. The Balaban J connectivity index is 1.78. The minimum absolute atomic E-state index is 0.0133. The molecule has 0 atom stereocenters. The van der Waals surface area contributed by atoms with Crippen LogP contribution in [0.5, 0.6) is 5.75 Å². The third-order valence-electron chi connectivity index (χ3n) is 5.87. The molecular weight excluding hydrogens is 503 g/mol. The number of alkyl halides is 6. The van der Waals surface area contributed by atoms with E-state index in [4.69, 9.17) is 14.5 Å². The second-order valence-electron chi connectivity index (χ2n) is 8.50. The molecule has 1 saturated carbocycles. The van der Waals surface area contributed by atoms with Crippen LogP contribution < -0.4 is 10.1 Å². The fourth-order valence-electron chi connectivity index (χ4n) is 4.12. The molecule has 13 heteroatoms. The van der Waals surface area contributed by atoms with Gasteiger partial charge >= 0.3 is 19.9 Å². The Morgan fingerprint density at radius 1 is 1.03 bits per heavy atom. The van der Waals surface area contributed by atoms with Crippen LogP contribution in [0, 0.1) is 5.92 Å². The smallest absolute Gasteiger partial charge is 0.420 e. The van der Waals surface area contributed by atoms with Gasteiger partial charge in [-0.3, -0.25) is 9.36 Å². The molecule has 0 aromatic heterocycles. The lowest BCUT2D eigenvalue weighted by Gasteiger charge is -2.31. The first-order valence-corrected chi connectivity index (χ1v) is 12.6. The number of hydrogen-bond acceptors (Lipinski definition) is 3. The molecular formula is C22H24F6NO5P. The van der Waals surface area contributed by atoms with Crippen molar-refractivity contribution < 1.29 is 50.2 Å². The number of amides is 1. The summed E-state index contributed by atoms with van der Waals surface area (Å²) in [4.78, 5) is 30.0. The highest BCUT2D eigenvalue weighted by molar-refractivity contribution is 7.51. The molecule has 3 N–H and O–H groups in total. The fraction of sp³-hybridized carbons (Fsp3) is 0.500. The van der Waals surface area contributed by atoms with E-state index in [1.807, 2.05) is 0 Å². The summed E-state index contributed by atoms with van der Waals surface area (Å²) < 4.78 is 96.8. The third-order valence-corrected chi connectivity index (χ3v) is 6.77. The van der Waals surface area contributed by atoms with Gasteiger partial charge in [0.25, 0.3) is 5.91 Å². The molecule has 0 radical (unpaired) electrons. The predicted molar refractivity (Wildman–Crippen MR) is 115 cm³/mol. The number of rotatable bonds is 7. The largest absolute Gasteiger partial charge is 0.490 e. The van der Waals surface area contributed by atoms with Gasteiger partial charge in [-0.15, -0.1) is 0 Å². The number of carbonyl (C=O) groups is 1. The number of halogens is 6. The maximum Gasteiger partial charge on any atom is 0.420 e. The normalized spacial score (nSPS) is 19.5. The molecule has 0 aliphatic heterocycles. The van der Waals surface area contributed by atoms with Crippen LogP contribution in [0.25, 0.3) is 10.8 Å². The molecule has 3 rings (SSSR count). The molecule has 1 fully saturated rings. The van der Waals surface area contributed by atoms with Gasteiger partial charge in [0.1, 0.15) is 11.3 Å². The second-order valence-corrected chi connectivity index (χ2v) is 10.3. The first-order valence-electron chi connectivity index (χ1n) is 10.9. The van der Waals surface area contributed by atoms with E-state index in [0.717, 1.165) is 12.1 Å². The number of fused-ring (bicyclic) bond motifs is 1. The summed E-state index contributed by atoms with van der Waals surface area (Å²) in [6.45, 7) is -0.0286. The van der Waals surface area contributed by atoms with Crippen molar-refractivity contribution >= 4 is 24.3 Å². The van der Waals surface area contributed by atoms with Gasteiger partial charge in [0, 0.05) is 12.1 Å². The minimum atomic E-state index is -4.82. The molecule has 1 aliphatic rings. The van der Waals surface area contributed by atoms with Crippen molar-refractivity contribution in [2.45, 2.75) is 50.6 Å². The van der Waals surface area contributed by atoms with Crippen LogP contribution in [0.2, 0.25) is 0 Å². The van der Waals surface area contributed by atoms with E-state index in [1.54, 1.807) is 0 Å². The van der Waals surface area contributed by atoms with E-state index in [9.17, 15) is 35.7 Å². The quantitative estimate of drug-likeness (QED) is 0.246. The summed E-state index contributed by atoms with van der Waals surface area (Å²) in [6.07, 6.45) is -10.8. The molecule has 0 bridgehead atoms. The van der Waals surface area contributed by atoms with E-state index < -0.39 is 55.4 Å². The molecule has 6 nitrogen and oxygen atoms in total. The topological polar surface area (TPSA) is 95.9 Å². The Morgan fingerprint density at radius 3 is 2.26 bits per heavy atom. The minimum Gasteiger partial charge on any atom is -0.490 e. The molecule has 2 aromatic carbocycles. The lowest BCUT2D eigenvalue weighted by molar-refractivity contribution is -0.185. The predicted octanol–water partition coefficient (Wildman–Crippen LogP) is 5.66. The first kappa shape index (κ1) is 27.3. The molecule has 2 aromatic rings. The Kier molecular flexibility index (Phi) is 8.08. The molecule has 0 heterocycles. The van der Waals surface area contributed by atoms with Gasteiger partial charge in [-0.1, -0.05) is 12.1 Å². The van der Waals surface area contributed by atoms with Gasteiger partial charge in [-0.05, 0) is 61.1 Å². The van der Waals surface area contributed by atoms with Crippen LogP contribution in [0.3, 0.4) is 0 Å². The highest BCUT2D eigenvalue weighted by atomic mass is 31.2. The van der Waals surface area contributed by atoms with Crippen LogP contribution >= 0.6 is 7.60 Å². The van der Waals surface area contributed by atoms with E-state index in [-0.39, 0.29) is 55.0 Å². The standard InChI is InChI=1S/C22H24F6NO5P/c23-21(24,25)15-4-6-16(7-5-15)34-18-9-3-13-12-14(2-8-17(13)19(18)22(26,27)28)20(30)29-10-1-11-35(31,32)33/h2-3,8-9,12,15-16H,1,4-7,10-11H2,(H,29,30)(H2,31,32,33)/t15-,16+. The van der Waals surface area contributed by atoms with Crippen molar-refractivity contribution in [3.8, 4) is 5.75 Å². The maximum atomic E-state index is 13.9. The number of hydrogen-bond donors (Lipinski definition) is 3. The average Bonchev–Trinajstić information content (AvgIpc) is 2.74. The Bertz CT molecular complexity index is 1110. The van der Waals surface area contributed by atoms with Crippen molar-refractivity contribution in [2.24, 2.45) is 5.92 Å². The average molecular weight is 527 g/mol. The Hall–Kier alpha value is -2.30. The SMILES string of the molecule is O=C(NCCCP(=O)(O)O)c1ccc2c(C(F)(F)F)c(O[C@H]3CC[C@@H](C(F)(F)F)CC3)ccc2c1. The van der Waals surface area contributed by atoms with Crippen LogP contribution in [0.1, 0.15) is 48.0 Å². The molecule has 194 valence electrons. The summed E-state index contributed by atoms with van der Waals surface area (Å²) in [5, 5.41) is 2.33. The van der Waals surface area contributed by atoms with Gasteiger partial charge in [-0.2, -0.15) is 26.3 Å². The summed E-state index contributed by atoms with van der Waals surface area (Å²) in [5.41, 5.74) is -1.01. The number of ether oxygens (including phenoxy) is 1. The molecule has 0 saturated heterocycles. The van der Waals surface area contributed by atoms with Crippen LogP contribution in [0.4, 0.5) is 26.3 Å². The highest BCUT2D eigenvalue weighted by Crippen LogP contribution is 2.44. The van der Waals surface area contributed by atoms with Gasteiger partial charge in [0.15, 0.2) is 0 Å². The summed E-state index contributed by atoms with van der Waals surface area (Å²) >= 11 is 0. The van der Waals surface area contributed by atoms with Gasteiger partial charge in [0.2, 0.25) is 0 Å². The van der Waals surface area contributed by atoms with E-state index >= 15 is 0 Å². The highest BCUT2D eigenvalue weighted by Gasteiger charge is 2.42. The van der Waals surface area contributed by atoms with Crippen LogP contribution in [0.15, 0.2) is 30.3 Å². The summed E-state index contributed by atoms with van der Waals surface area (Å²) in [6, 6.07) is 6.00. The van der Waals surface area contributed by atoms with Crippen molar-refractivity contribution in [1.82, 2.24) is 5.32 Å². The Morgan fingerprint density at radius 2 is 1.69 bits per heavy atom. The van der Waals surface area contributed by atoms with E-state index in [1.165, 1.54) is 18.2 Å². The summed E-state index contributed by atoms with van der Waals surface area (Å²) in [5.74, 6) is -2.58. The lowest BCUT2D eigenvalue weighted by Crippen LogP contribution is -2.32. The summed E-state index contributed by atoms with van der Waals surface area (Å²) in [7, 11) is -4.20. The van der Waals surface area contributed by atoms with E-state index in [0.29, 0.717) is 0 Å². The molecule has 0 unspecified atom stereocenters. The zero-order valence-corrected chi connectivity index (χ0v) is 19.2. The van der Waals surface area contributed by atoms with Crippen LogP contribution in [-0.2, 0) is 10.7 Å².